The van der Waals surface area contributed by atoms with E-state index < -0.39 is 0 Å². The standard InChI is InChI=1S/C20H39N2O/c1-2-20(23)17-12-18(21)15-22(14-17,19-10-6-7-11-19)13-16-8-4-3-5-9-16/h16-20,23H,2-15,21H2,1H3/q+1. The van der Waals surface area contributed by atoms with Crippen molar-refractivity contribution in [1.82, 2.24) is 0 Å². The molecule has 0 radical (unpaired) electrons. The second-order valence-electron chi connectivity index (χ2n) is 8.94. The molecule has 3 aliphatic rings. The van der Waals surface area contributed by atoms with Gasteiger partial charge in [0.05, 0.1) is 37.8 Å². The molecule has 3 nitrogen and oxygen atoms in total. The van der Waals surface area contributed by atoms with Crippen LogP contribution in [0.2, 0.25) is 0 Å². The number of quaternary nitrogens is 1. The maximum absolute atomic E-state index is 10.5. The van der Waals surface area contributed by atoms with Crippen molar-refractivity contribution in [3.8, 4) is 0 Å². The van der Waals surface area contributed by atoms with Gasteiger partial charge in [0.1, 0.15) is 0 Å². The van der Waals surface area contributed by atoms with Gasteiger partial charge in [-0.3, -0.25) is 0 Å². The molecule has 0 bridgehead atoms. The largest absolute Gasteiger partial charge is 0.393 e. The number of hydrogen-bond acceptors (Lipinski definition) is 2. The van der Waals surface area contributed by atoms with Gasteiger partial charge < -0.3 is 15.3 Å². The van der Waals surface area contributed by atoms with E-state index >= 15 is 0 Å². The van der Waals surface area contributed by atoms with Gasteiger partial charge in [-0.25, -0.2) is 0 Å². The van der Waals surface area contributed by atoms with Crippen molar-refractivity contribution in [3.05, 3.63) is 0 Å². The zero-order chi connectivity index (χ0) is 16.3. The lowest BCUT2D eigenvalue weighted by atomic mass is 9.82. The first-order chi connectivity index (χ1) is 11.1. The zero-order valence-electron chi connectivity index (χ0n) is 15.3. The molecule has 0 amide bonds. The Hall–Kier alpha value is -0.120. The summed E-state index contributed by atoms with van der Waals surface area (Å²) in [6.07, 6.45) is 14.6. The Morgan fingerprint density at radius 2 is 1.65 bits per heavy atom. The number of aliphatic hydroxyl groups is 1. The lowest BCUT2D eigenvalue weighted by Gasteiger charge is -2.52. The molecule has 3 rings (SSSR count). The highest BCUT2D eigenvalue weighted by atomic mass is 16.3. The van der Waals surface area contributed by atoms with E-state index in [9.17, 15) is 5.11 Å². The van der Waals surface area contributed by atoms with Crippen molar-refractivity contribution in [3.63, 3.8) is 0 Å². The third kappa shape index (κ3) is 4.11. The van der Waals surface area contributed by atoms with E-state index in [2.05, 4.69) is 6.92 Å². The molecular weight excluding hydrogens is 284 g/mol. The minimum absolute atomic E-state index is 0.147. The summed E-state index contributed by atoms with van der Waals surface area (Å²) < 4.78 is 1.26. The SMILES string of the molecule is CCC(O)C1CC(N)C[N+](CC2CCCCC2)(C2CCCC2)C1. The molecule has 4 unspecified atom stereocenters. The Kier molecular flexibility index (Phi) is 6.03. The van der Waals surface area contributed by atoms with Gasteiger partial charge in [-0.1, -0.05) is 26.2 Å². The predicted octanol–water partition coefficient (Wildman–Crippen LogP) is 3.44. The van der Waals surface area contributed by atoms with Crippen molar-refractivity contribution >= 4 is 0 Å². The fraction of sp³-hybridized carbons (Fsp3) is 1.00. The average Bonchev–Trinajstić information content (AvgIpc) is 3.09. The number of hydrogen-bond donors (Lipinski definition) is 2. The van der Waals surface area contributed by atoms with Crippen molar-refractivity contribution in [1.29, 1.82) is 0 Å². The highest BCUT2D eigenvalue weighted by Crippen LogP contribution is 2.39. The van der Waals surface area contributed by atoms with Crippen LogP contribution in [-0.2, 0) is 0 Å². The molecule has 1 aliphatic heterocycles. The molecule has 2 aliphatic carbocycles. The van der Waals surface area contributed by atoms with Crippen molar-refractivity contribution in [2.24, 2.45) is 17.6 Å². The molecule has 4 atom stereocenters. The Balaban J connectivity index is 1.78. The summed E-state index contributed by atoms with van der Waals surface area (Å²) in [6.45, 7) is 5.85. The van der Waals surface area contributed by atoms with Crippen LogP contribution in [0.5, 0.6) is 0 Å². The Morgan fingerprint density at radius 1 is 1.00 bits per heavy atom. The van der Waals surface area contributed by atoms with Gasteiger partial charge in [-0.15, -0.1) is 0 Å². The fourth-order valence-electron chi connectivity index (χ4n) is 6.09. The topological polar surface area (TPSA) is 46.2 Å². The average molecular weight is 324 g/mol. The van der Waals surface area contributed by atoms with Crippen LogP contribution < -0.4 is 5.73 Å². The molecule has 0 spiro atoms. The lowest BCUT2D eigenvalue weighted by Crippen LogP contribution is -2.67. The number of rotatable bonds is 5. The summed E-state index contributed by atoms with van der Waals surface area (Å²) in [5, 5.41) is 10.5. The molecular formula is C20H39N2O+. The monoisotopic (exact) mass is 323 g/mol. The van der Waals surface area contributed by atoms with Crippen molar-refractivity contribution in [2.45, 2.75) is 95.7 Å². The molecule has 23 heavy (non-hydrogen) atoms. The predicted molar refractivity (Wildman–Crippen MR) is 96.1 cm³/mol. The second-order valence-corrected chi connectivity index (χ2v) is 8.94. The molecule has 2 saturated carbocycles. The van der Waals surface area contributed by atoms with Crippen LogP contribution in [0.3, 0.4) is 0 Å². The van der Waals surface area contributed by atoms with E-state index in [-0.39, 0.29) is 6.10 Å². The normalized spacial score (nSPS) is 38.7. The fourth-order valence-corrected chi connectivity index (χ4v) is 6.09. The van der Waals surface area contributed by atoms with Crippen LogP contribution in [0.25, 0.3) is 0 Å². The third-order valence-electron chi connectivity index (χ3n) is 7.21. The van der Waals surface area contributed by atoms with Crippen LogP contribution in [0, 0.1) is 11.8 Å². The second kappa shape index (κ2) is 7.84. The third-order valence-corrected chi connectivity index (χ3v) is 7.21. The van der Waals surface area contributed by atoms with Gasteiger partial charge in [-0.05, 0) is 51.4 Å². The first-order valence-electron chi connectivity index (χ1n) is 10.4. The number of aliphatic hydroxyl groups excluding tert-OH is 1. The van der Waals surface area contributed by atoms with E-state index in [0.717, 1.165) is 24.8 Å². The van der Waals surface area contributed by atoms with E-state index in [1.54, 1.807) is 0 Å². The molecule has 134 valence electrons. The van der Waals surface area contributed by atoms with Gasteiger partial charge in [0.25, 0.3) is 0 Å². The van der Waals surface area contributed by atoms with Gasteiger partial charge in [0, 0.05) is 11.8 Å². The van der Waals surface area contributed by atoms with E-state index in [1.807, 2.05) is 0 Å². The van der Waals surface area contributed by atoms with Gasteiger partial charge in [-0.2, -0.15) is 0 Å². The summed E-state index contributed by atoms with van der Waals surface area (Å²) in [5.41, 5.74) is 6.54. The number of nitrogens with zero attached hydrogens (tertiary/aromatic N) is 1. The molecule has 3 heteroatoms. The molecule has 1 heterocycles. The molecule has 3 N–H and O–H groups in total. The van der Waals surface area contributed by atoms with E-state index in [4.69, 9.17) is 5.73 Å². The van der Waals surface area contributed by atoms with Crippen LogP contribution in [-0.4, -0.2) is 47.4 Å². The Bertz CT molecular complexity index is 359. The molecule has 0 aromatic carbocycles. The summed E-state index contributed by atoms with van der Waals surface area (Å²) in [5.74, 6) is 1.34. The Labute approximate surface area is 143 Å². The highest BCUT2D eigenvalue weighted by Gasteiger charge is 2.47. The van der Waals surface area contributed by atoms with Gasteiger partial charge >= 0.3 is 0 Å². The first-order valence-corrected chi connectivity index (χ1v) is 10.4. The number of piperidine rings is 1. The first kappa shape index (κ1) is 17.7. The van der Waals surface area contributed by atoms with Crippen molar-refractivity contribution < 1.29 is 9.59 Å². The number of nitrogens with two attached hydrogens (primary N) is 1. The van der Waals surface area contributed by atoms with E-state index in [0.29, 0.717) is 12.0 Å². The smallest absolute Gasteiger partial charge is 0.0942 e. The maximum Gasteiger partial charge on any atom is 0.0942 e. The summed E-state index contributed by atoms with van der Waals surface area (Å²) in [4.78, 5) is 0. The Morgan fingerprint density at radius 3 is 2.30 bits per heavy atom. The van der Waals surface area contributed by atoms with Gasteiger partial charge in [0.15, 0.2) is 0 Å². The highest BCUT2D eigenvalue weighted by molar-refractivity contribution is 4.83. The molecule has 1 saturated heterocycles. The summed E-state index contributed by atoms with van der Waals surface area (Å²) in [7, 11) is 0. The van der Waals surface area contributed by atoms with Crippen LogP contribution in [0.1, 0.15) is 77.6 Å². The van der Waals surface area contributed by atoms with Gasteiger partial charge in [0.2, 0.25) is 0 Å². The lowest BCUT2D eigenvalue weighted by molar-refractivity contribution is -0.962. The molecule has 3 fully saturated rings. The van der Waals surface area contributed by atoms with Crippen LogP contribution >= 0.6 is 0 Å². The quantitative estimate of drug-likeness (QED) is 0.761. The molecule has 0 aromatic rings. The van der Waals surface area contributed by atoms with Crippen LogP contribution in [0.4, 0.5) is 0 Å². The van der Waals surface area contributed by atoms with Crippen LogP contribution in [0.15, 0.2) is 0 Å². The number of likely N-dealkylation sites (tertiary alicyclic amines) is 1. The summed E-state index contributed by atoms with van der Waals surface area (Å²) in [6, 6.07) is 1.12. The molecule has 0 aromatic heterocycles. The summed E-state index contributed by atoms with van der Waals surface area (Å²) >= 11 is 0. The zero-order valence-corrected chi connectivity index (χ0v) is 15.3. The minimum atomic E-state index is -0.147. The van der Waals surface area contributed by atoms with Crippen molar-refractivity contribution in [2.75, 3.05) is 19.6 Å². The minimum Gasteiger partial charge on any atom is -0.393 e. The van der Waals surface area contributed by atoms with E-state index in [1.165, 1.54) is 81.9 Å². The maximum atomic E-state index is 10.5.